The van der Waals surface area contributed by atoms with Crippen LogP contribution in [0.4, 0.5) is 0 Å². The van der Waals surface area contributed by atoms with E-state index in [0.717, 1.165) is 43.0 Å². The minimum absolute atomic E-state index is 0.0936. The van der Waals surface area contributed by atoms with E-state index in [0.29, 0.717) is 12.4 Å². The molecule has 7 heteroatoms. The molecule has 7 nitrogen and oxygen atoms in total. The number of hydrogen-bond acceptors (Lipinski definition) is 5. The van der Waals surface area contributed by atoms with Crippen molar-refractivity contribution in [3.05, 3.63) is 29.2 Å². The first-order valence-corrected chi connectivity index (χ1v) is 8.18. The quantitative estimate of drug-likeness (QED) is 0.860. The zero-order chi connectivity index (χ0) is 16.4. The van der Waals surface area contributed by atoms with Gasteiger partial charge in [0.05, 0.1) is 11.6 Å². The largest absolute Gasteiger partial charge is 0.340 e. The van der Waals surface area contributed by atoms with Crippen molar-refractivity contribution in [3.8, 4) is 0 Å². The first-order chi connectivity index (χ1) is 11.1. The number of carbonyl (C=O) groups excluding carboxylic acids is 1. The van der Waals surface area contributed by atoms with Crippen LogP contribution >= 0.6 is 0 Å². The normalized spacial score (nSPS) is 18.4. The van der Waals surface area contributed by atoms with E-state index in [1.165, 1.54) is 0 Å². The lowest BCUT2D eigenvalue weighted by Gasteiger charge is -2.31. The molecule has 0 bridgehead atoms. The Balaban J connectivity index is 1.65. The minimum atomic E-state index is 0.0936. The maximum atomic E-state index is 12.6. The number of rotatable bonds is 4. The molecule has 124 valence electrons. The molecule has 0 aliphatic carbocycles. The third kappa shape index (κ3) is 3.43. The maximum Gasteiger partial charge on any atom is 0.244 e. The number of hydrogen-bond donors (Lipinski definition) is 0. The Morgan fingerprint density at radius 3 is 2.91 bits per heavy atom. The lowest BCUT2D eigenvalue weighted by Crippen LogP contribution is -2.41. The van der Waals surface area contributed by atoms with Gasteiger partial charge in [-0.05, 0) is 32.8 Å². The van der Waals surface area contributed by atoms with E-state index >= 15 is 0 Å². The topological polar surface area (TPSA) is 77.0 Å². The van der Waals surface area contributed by atoms with Gasteiger partial charge in [0.1, 0.15) is 6.54 Å². The Hall–Kier alpha value is -2.18. The summed E-state index contributed by atoms with van der Waals surface area (Å²) in [5, 5.41) is 8.32. The molecule has 1 saturated heterocycles. The van der Waals surface area contributed by atoms with Gasteiger partial charge in [0.2, 0.25) is 11.8 Å². The lowest BCUT2D eigenvalue weighted by molar-refractivity contribution is -0.133. The van der Waals surface area contributed by atoms with Gasteiger partial charge in [0.15, 0.2) is 5.82 Å². The average Bonchev–Trinajstić information content (AvgIpc) is 3.14. The summed E-state index contributed by atoms with van der Waals surface area (Å²) >= 11 is 0. The smallest absolute Gasteiger partial charge is 0.244 e. The fourth-order valence-electron chi connectivity index (χ4n) is 3.05. The van der Waals surface area contributed by atoms with Crippen molar-refractivity contribution in [3.63, 3.8) is 0 Å². The lowest BCUT2D eigenvalue weighted by atomic mass is 9.98. The van der Waals surface area contributed by atoms with Crippen molar-refractivity contribution in [1.82, 2.24) is 24.8 Å². The fraction of sp³-hybridized carbons (Fsp3) is 0.625. The number of piperidine rings is 1. The van der Waals surface area contributed by atoms with Gasteiger partial charge in [-0.25, -0.2) is 0 Å². The van der Waals surface area contributed by atoms with Gasteiger partial charge in [-0.2, -0.15) is 10.1 Å². The molecule has 2 aromatic heterocycles. The van der Waals surface area contributed by atoms with Crippen molar-refractivity contribution in [2.24, 2.45) is 0 Å². The fourth-order valence-corrected chi connectivity index (χ4v) is 3.05. The van der Waals surface area contributed by atoms with Crippen LogP contribution in [-0.2, 0) is 17.8 Å². The van der Waals surface area contributed by atoms with Gasteiger partial charge in [-0.15, -0.1) is 0 Å². The summed E-state index contributed by atoms with van der Waals surface area (Å²) in [4.78, 5) is 18.9. The Kier molecular flexibility index (Phi) is 4.45. The molecule has 0 saturated carbocycles. The minimum Gasteiger partial charge on any atom is -0.340 e. The van der Waals surface area contributed by atoms with Crippen molar-refractivity contribution < 1.29 is 9.32 Å². The van der Waals surface area contributed by atoms with E-state index in [9.17, 15) is 4.79 Å². The van der Waals surface area contributed by atoms with Crippen LogP contribution in [0.2, 0.25) is 0 Å². The molecular formula is C16H23N5O2. The first kappa shape index (κ1) is 15.7. The summed E-state index contributed by atoms with van der Waals surface area (Å²) in [6.45, 7) is 7.62. The van der Waals surface area contributed by atoms with Crippen LogP contribution in [0, 0.1) is 13.8 Å². The zero-order valence-corrected chi connectivity index (χ0v) is 13.9. The number of nitrogens with zero attached hydrogens (tertiary/aromatic N) is 5. The van der Waals surface area contributed by atoms with Crippen LogP contribution in [0.15, 0.2) is 10.6 Å². The van der Waals surface area contributed by atoms with Crippen LogP contribution in [0.25, 0.3) is 0 Å². The highest BCUT2D eigenvalue weighted by atomic mass is 16.5. The molecule has 1 fully saturated rings. The molecule has 1 aliphatic rings. The van der Waals surface area contributed by atoms with Gasteiger partial charge >= 0.3 is 0 Å². The monoisotopic (exact) mass is 317 g/mol. The van der Waals surface area contributed by atoms with Gasteiger partial charge < -0.3 is 9.42 Å². The van der Waals surface area contributed by atoms with Crippen LogP contribution in [0.1, 0.15) is 48.8 Å². The molecule has 3 heterocycles. The highest BCUT2D eigenvalue weighted by Crippen LogP contribution is 2.26. The van der Waals surface area contributed by atoms with Gasteiger partial charge in [-0.1, -0.05) is 12.1 Å². The Morgan fingerprint density at radius 2 is 2.26 bits per heavy atom. The summed E-state index contributed by atoms with van der Waals surface area (Å²) in [5.74, 6) is 1.62. The Bertz CT molecular complexity index is 690. The molecule has 0 aromatic carbocycles. The highest BCUT2D eigenvalue weighted by molar-refractivity contribution is 5.76. The molecule has 0 N–H and O–H groups in total. The van der Waals surface area contributed by atoms with Crippen molar-refractivity contribution in [1.29, 1.82) is 0 Å². The van der Waals surface area contributed by atoms with E-state index in [1.54, 1.807) is 4.68 Å². The number of likely N-dealkylation sites (tertiary alicyclic amines) is 1. The predicted octanol–water partition coefficient (Wildman–Crippen LogP) is 1.85. The van der Waals surface area contributed by atoms with E-state index in [1.807, 2.05) is 31.7 Å². The SMILES string of the molecule is CCc1noc([C@H]2CCCN(C(=O)Cn3nc(C)cc3C)C2)n1. The summed E-state index contributed by atoms with van der Waals surface area (Å²) < 4.78 is 7.11. The molecule has 1 amide bonds. The van der Waals surface area contributed by atoms with E-state index in [-0.39, 0.29) is 18.4 Å². The third-order valence-corrected chi connectivity index (χ3v) is 4.31. The van der Waals surface area contributed by atoms with E-state index in [2.05, 4.69) is 15.2 Å². The average molecular weight is 317 g/mol. The second kappa shape index (κ2) is 6.52. The number of aromatic nitrogens is 4. The van der Waals surface area contributed by atoms with Gasteiger partial charge in [-0.3, -0.25) is 9.48 Å². The number of carbonyl (C=O) groups is 1. The second-order valence-corrected chi connectivity index (χ2v) is 6.17. The van der Waals surface area contributed by atoms with E-state index in [4.69, 9.17) is 4.52 Å². The van der Waals surface area contributed by atoms with Crippen molar-refractivity contribution in [2.75, 3.05) is 13.1 Å². The standard InChI is InChI=1S/C16H23N5O2/c1-4-14-17-16(23-19-14)13-6-5-7-20(9-13)15(22)10-21-12(3)8-11(2)18-21/h8,13H,4-7,9-10H2,1-3H3/t13-/m0/s1. The van der Waals surface area contributed by atoms with Crippen molar-refractivity contribution >= 4 is 5.91 Å². The van der Waals surface area contributed by atoms with Crippen LogP contribution in [0.5, 0.6) is 0 Å². The Morgan fingerprint density at radius 1 is 1.43 bits per heavy atom. The molecule has 0 spiro atoms. The van der Waals surface area contributed by atoms with Crippen LogP contribution in [0.3, 0.4) is 0 Å². The second-order valence-electron chi connectivity index (χ2n) is 6.17. The van der Waals surface area contributed by atoms with Gasteiger partial charge in [0, 0.05) is 25.2 Å². The summed E-state index contributed by atoms with van der Waals surface area (Å²) in [7, 11) is 0. The van der Waals surface area contributed by atoms with Crippen LogP contribution in [-0.4, -0.2) is 43.8 Å². The summed E-state index contributed by atoms with van der Waals surface area (Å²) in [6.07, 6.45) is 2.70. The number of amides is 1. The predicted molar refractivity (Wildman–Crippen MR) is 83.9 cm³/mol. The molecular weight excluding hydrogens is 294 g/mol. The molecule has 3 rings (SSSR count). The highest BCUT2D eigenvalue weighted by Gasteiger charge is 2.28. The molecule has 1 aliphatic heterocycles. The summed E-state index contributed by atoms with van der Waals surface area (Å²) in [5.41, 5.74) is 1.94. The third-order valence-electron chi connectivity index (χ3n) is 4.31. The maximum absolute atomic E-state index is 12.6. The van der Waals surface area contributed by atoms with Gasteiger partial charge in [0.25, 0.3) is 0 Å². The van der Waals surface area contributed by atoms with Crippen LogP contribution < -0.4 is 0 Å². The molecule has 1 atom stereocenters. The molecule has 2 aromatic rings. The molecule has 0 unspecified atom stereocenters. The summed E-state index contributed by atoms with van der Waals surface area (Å²) in [6, 6.07) is 1.98. The molecule has 0 radical (unpaired) electrons. The molecule has 23 heavy (non-hydrogen) atoms. The Labute approximate surface area is 135 Å². The van der Waals surface area contributed by atoms with E-state index < -0.39 is 0 Å². The first-order valence-electron chi connectivity index (χ1n) is 8.18. The van der Waals surface area contributed by atoms with Crippen molar-refractivity contribution in [2.45, 2.75) is 52.5 Å². The number of aryl methyl sites for hydroxylation is 3. The zero-order valence-electron chi connectivity index (χ0n) is 13.9.